The lowest BCUT2D eigenvalue weighted by Gasteiger charge is -2.18. The van der Waals surface area contributed by atoms with E-state index in [9.17, 15) is 9.90 Å². The predicted octanol–water partition coefficient (Wildman–Crippen LogP) is 1.05. The van der Waals surface area contributed by atoms with Crippen molar-refractivity contribution in [2.24, 2.45) is 5.92 Å². The Hall–Kier alpha value is -2.48. The van der Waals surface area contributed by atoms with Gasteiger partial charge in [0.1, 0.15) is 5.82 Å². The highest BCUT2D eigenvalue weighted by atomic mass is 16.3. The molecule has 1 saturated heterocycles. The minimum atomic E-state index is -0.407. The first-order chi connectivity index (χ1) is 12.2. The molecule has 25 heavy (non-hydrogen) atoms. The molecule has 8 heteroatoms. The Kier molecular flexibility index (Phi) is 4.35. The van der Waals surface area contributed by atoms with E-state index in [1.54, 1.807) is 29.8 Å². The average molecular weight is 342 g/mol. The summed E-state index contributed by atoms with van der Waals surface area (Å²) in [5.74, 6) is 1.72. The van der Waals surface area contributed by atoms with Crippen LogP contribution in [0.25, 0.3) is 0 Å². The maximum Gasteiger partial charge on any atom is 0.228 e. The Balaban J connectivity index is 1.36. The molecule has 132 valence electrons. The summed E-state index contributed by atoms with van der Waals surface area (Å²) in [4.78, 5) is 26.2. The number of hydrogen-bond donors (Lipinski definition) is 2. The van der Waals surface area contributed by atoms with Gasteiger partial charge in [0.15, 0.2) is 5.82 Å². The van der Waals surface area contributed by atoms with Crippen LogP contribution in [0.5, 0.6) is 0 Å². The van der Waals surface area contributed by atoms with Crippen molar-refractivity contribution in [1.82, 2.24) is 19.5 Å². The van der Waals surface area contributed by atoms with Crippen LogP contribution < -0.4 is 10.2 Å². The number of anilines is 2. The van der Waals surface area contributed by atoms with Crippen LogP contribution in [0.2, 0.25) is 0 Å². The molecule has 1 aliphatic carbocycles. The van der Waals surface area contributed by atoms with Gasteiger partial charge in [-0.3, -0.25) is 9.69 Å². The molecule has 0 spiro atoms. The number of aliphatic hydroxyl groups excluding tert-OH is 1. The fraction of sp³-hybridized carbons (Fsp3) is 0.529. The van der Waals surface area contributed by atoms with Crippen LogP contribution in [0.1, 0.15) is 25.7 Å². The molecular weight excluding hydrogens is 320 g/mol. The summed E-state index contributed by atoms with van der Waals surface area (Å²) in [5, 5.41) is 13.6. The van der Waals surface area contributed by atoms with Gasteiger partial charge in [-0.25, -0.2) is 15.0 Å². The number of imidazole rings is 1. The summed E-state index contributed by atoms with van der Waals surface area (Å²) in [6, 6.07) is -0.0397. The van der Waals surface area contributed by atoms with E-state index in [1.807, 2.05) is 10.8 Å². The molecule has 1 saturated carbocycles. The Labute approximate surface area is 145 Å². The third-order valence-corrected chi connectivity index (χ3v) is 4.98. The van der Waals surface area contributed by atoms with E-state index in [2.05, 4.69) is 20.3 Å². The van der Waals surface area contributed by atoms with Crippen LogP contribution in [0, 0.1) is 5.92 Å². The number of nitrogens with zero attached hydrogens (tertiary/aromatic N) is 5. The minimum absolute atomic E-state index is 0.0397. The molecule has 0 radical (unpaired) electrons. The van der Waals surface area contributed by atoms with Crippen molar-refractivity contribution in [1.29, 1.82) is 0 Å². The normalized spacial score (nSPS) is 26.4. The molecule has 0 bridgehead atoms. The van der Waals surface area contributed by atoms with E-state index in [0.717, 1.165) is 25.8 Å². The molecule has 1 unspecified atom stereocenters. The molecule has 8 nitrogen and oxygen atoms in total. The topological polar surface area (TPSA) is 96.2 Å². The zero-order valence-corrected chi connectivity index (χ0v) is 14.0. The summed E-state index contributed by atoms with van der Waals surface area (Å²) < 4.78 is 2.04. The zero-order chi connectivity index (χ0) is 17.2. The lowest BCUT2D eigenvalue weighted by Crippen LogP contribution is -2.29. The van der Waals surface area contributed by atoms with Crippen LogP contribution in [-0.2, 0) is 11.3 Å². The van der Waals surface area contributed by atoms with Gasteiger partial charge in [-0.1, -0.05) is 0 Å². The number of aromatic nitrogens is 4. The smallest absolute Gasteiger partial charge is 0.228 e. The van der Waals surface area contributed by atoms with Crippen molar-refractivity contribution in [3.8, 4) is 0 Å². The van der Waals surface area contributed by atoms with Crippen molar-refractivity contribution in [2.75, 3.05) is 16.8 Å². The molecule has 2 N–H and O–H groups in total. The number of carbonyl (C=O) groups excluding carboxylic acids is 1. The lowest BCUT2D eigenvalue weighted by molar-refractivity contribution is -0.117. The van der Waals surface area contributed by atoms with Crippen molar-refractivity contribution < 1.29 is 9.90 Å². The lowest BCUT2D eigenvalue weighted by atomic mass is 10.1. The highest BCUT2D eigenvalue weighted by molar-refractivity contribution is 5.94. The zero-order valence-electron chi connectivity index (χ0n) is 14.0. The first kappa shape index (κ1) is 16.0. The van der Waals surface area contributed by atoms with Gasteiger partial charge in [-0.2, -0.15) is 0 Å². The summed E-state index contributed by atoms with van der Waals surface area (Å²) in [5.41, 5.74) is 0. The molecule has 0 aromatic carbocycles. The second-order valence-corrected chi connectivity index (χ2v) is 6.82. The van der Waals surface area contributed by atoms with Crippen molar-refractivity contribution in [3.05, 3.63) is 31.1 Å². The van der Waals surface area contributed by atoms with E-state index in [1.165, 1.54) is 0 Å². The second-order valence-electron chi connectivity index (χ2n) is 6.82. The second kappa shape index (κ2) is 6.79. The van der Waals surface area contributed by atoms with Crippen molar-refractivity contribution >= 4 is 17.5 Å². The quantitative estimate of drug-likeness (QED) is 0.843. The van der Waals surface area contributed by atoms with Gasteiger partial charge < -0.3 is 15.0 Å². The molecule has 2 aromatic rings. The Bertz CT molecular complexity index is 717. The van der Waals surface area contributed by atoms with E-state index < -0.39 is 6.10 Å². The molecule has 2 fully saturated rings. The molecule has 1 amide bonds. The molecule has 4 rings (SSSR count). The summed E-state index contributed by atoms with van der Waals surface area (Å²) >= 11 is 0. The minimum Gasteiger partial charge on any atom is -0.391 e. The van der Waals surface area contributed by atoms with Gasteiger partial charge >= 0.3 is 0 Å². The van der Waals surface area contributed by atoms with Crippen molar-refractivity contribution in [2.45, 2.75) is 44.4 Å². The van der Waals surface area contributed by atoms with E-state index >= 15 is 0 Å². The Morgan fingerprint density at radius 2 is 2.20 bits per heavy atom. The highest BCUT2D eigenvalue weighted by Crippen LogP contribution is 2.29. The summed E-state index contributed by atoms with van der Waals surface area (Å²) in [7, 11) is 0. The molecule has 1 aliphatic heterocycles. The number of rotatable bonds is 5. The molecular formula is C17H22N6O2. The third-order valence-electron chi connectivity index (χ3n) is 4.98. The fourth-order valence-electron chi connectivity index (χ4n) is 3.73. The van der Waals surface area contributed by atoms with Gasteiger partial charge in [-0.05, 0) is 25.2 Å². The largest absolute Gasteiger partial charge is 0.391 e. The van der Waals surface area contributed by atoms with Crippen LogP contribution in [0.15, 0.2) is 31.1 Å². The Morgan fingerprint density at radius 1 is 1.28 bits per heavy atom. The molecule has 2 aliphatic rings. The molecule has 3 atom stereocenters. The van der Waals surface area contributed by atoms with Gasteiger partial charge in [-0.15, -0.1) is 0 Å². The maximum absolute atomic E-state index is 11.8. The fourth-order valence-corrected chi connectivity index (χ4v) is 3.73. The van der Waals surface area contributed by atoms with Crippen LogP contribution in [0.4, 0.5) is 11.6 Å². The summed E-state index contributed by atoms with van der Waals surface area (Å²) in [6.45, 7) is 1.56. The number of hydrogen-bond acceptors (Lipinski definition) is 6. The van der Waals surface area contributed by atoms with E-state index in [4.69, 9.17) is 0 Å². The molecule has 3 heterocycles. The molecule has 2 aromatic heterocycles. The third kappa shape index (κ3) is 3.48. The van der Waals surface area contributed by atoms with E-state index in [0.29, 0.717) is 30.5 Å². The van der Waals surface area contributed by atoms with Gasteiger partial charge in [0.05, 0.1) is 30.9 Å². The predicted molar refractivity (Wildman–Crippen MR) is 92.0 cm³/mol. The van der Waals surface area contributed by atoms with Crippen LogP contribution in [0.3, 0.4) is 0 Å². The number of amides is 1. The van der Waals surface area contributed by atoms with E-state index in [-0.39, 0.29) is 11.9 Å². The van der Waals surface area contributed by atoms with Gasteiger partial charge in [0.2, 0.25) is 5.91 Å². The van der Waals surface area contributed by atoms with Gasteiger partial charge in [0.25, 0.3) is 0 Å². The Morgan fingerprint density at radius 3 is 2.88 bits per heavy atom. The first-order valence-corrected chi connectivity index (χ1v) is 8.72. The first-order valence-electron chi connectivity index (χ1n) is 8.72. The number of nitrogens with one attached hydrogen (secondary N) is 1. The average Bonchev–Trinajstić information content (AvgIpc) is 3.32. The van der Waals surface area contributed by atoms with Crippen molar-refractivity contribution in [3.63, 3.8) is 0 Å². The van der Waals surface area contributed by atoms with Gasteiger partial charge in [0, 0.05) is 31.9 Å². The number of carbonyl (C=O) groups is 1. The number of aliphatic hydroxyl groups is 1. The standard InChI is InChI=1S/C17H22N6O2/c24-14-7-12(10-22-5-3-18-11-22)6-13(14)21-15-8-20-16(9-19-15)23-4-1-2-17(23)25/h3,5,8-9,11-14,24H,1-2,4,6-7,10H2,(H,19,21)/t12?,13-,14-/m1/s1. The SMILES string of the molecule is O=C1CCCN1c1cnc(N[C@@H]2CC(Cn3ccnc3)C[C@H]2O)cn1. The summed E-state index contributed by atoms with van der Waals surface area (Å²) in [6.07, 6.45) is 11.4. The maximum atomic E-state index is 11.8. The van der Waals surface area contributed by atoms with Crippen LogP contribution in [-0.4, -0.2) is 49.2 Å². The van der Waals surface area contributed by atoms with Crippen LogP contribution >= 0.6 is 0 Å². The highest BCUT2D eigenvalue weighted by Gasteiger charge is 2.33. The monoisotopic (exact) mass is 342 g/mol.